The topological polar surface area (TPSA) is 20.3 Å². The summed E-state index contributed by atoms with van der Waals surface area (Å²) in [7, 11) is 0. The SMILES string of the molecule is CCN(CCCl)C(=O)c1c(F)cccc1F. The van der Waals surface area contributed by atoms with Gasteiger partial charge in [0.1, 0.15) is 17.2 Å². The molecule has 1 amide bonds. The summed E-state index contributed by atoms with van der Waals surface area (Å²) >= 11 is 5.50. The Labute approximate surface area is 97.8 Å². The number of hydrogen-bond donors (Lipinski definition) is 0. The molecule has 0 heterocycles. The molecule has 0 aliphatic rings. The summed E-state index contributed by atoms with van der Waals surface area (Å²) in [5, 5.41) is 0. The van der Waals surface area contributed by atoms with E-state index in [-0.39, 0.29) is 12.4 Å². The molecule has 1 aromatic carbocycles. The first kappa shape index (κ1) is 12.9. The minimum atomic E-state index is -0.849. The minimum Gasteiger partial charge on any atom is -0.338 e. The molecule has 1 rings (SSSR count). The zero-order valence-corrected chi connectivity index (χ0v) is 9.60. The van der Waals surface area contributed by atoms with Crippen molar-refractivity contribution >= 4 is 17.5 Å². The van der Waals surface area contributed by atoms with E-state index in [0.717, 1.165) is 12.1 Å². The van der Waals surface area contributed by atoms with E-state index >= 15 is 0 Å². The number of carbonyl (C=O) groups is 1. The molecule has 88 valence electrons. The van der Waals surface area contributed by atoms with Crippen LogP contribution in [0.5, 0.6) is 0 Å². The Morgan fingerprint density at radius 2 is 1.94 bits per heavy atom. The van der Waals surface area contributed by atoms with E-state index in [9.17, 15) is 13.6 Å². The molecule has 1 aromatic rings. The molecule has 0 radical (unpaired) electrons. The van der Waals surface area contributed by atoms with Gasteiger partial charge >= 0.3 is 0 Å². The second-order valence-corrected chi connectivity index (χ2v) is 3.55. The summed E-state index contributed by atoms with van der Waals surface area (Å²) in [6, 6.07) is 3.34. The van der Waals surface area contributed by atoms with Crippen LogP contribution >= 0.6 is 11.6 Å². The lowest BCUT2D eigenvalue weighted by molar-refractivity contribution is 0.0764. The molecule has 0 atom stereocenters. The summed E-state index contributed by atoms with van der Waals surface area (Å²) < 4.78 is 26.6. The van der Waals surface area contributed by atoms with Crippen LogP contribution in [0.1, 0.15) is 17.3 Å². The van der Waals surface area contributed by atoms with Crippen molar-refractivity contribution in [3.63, 3.8) is 0 Å². The average molecular weight is 248 g/mol. The Morgan fingerprint density at radius 1 is 1.38 bits per heavy atom. The number of benzene rings is 1. The number of nitrogens with zero attached hydrogens (tertiary/aromatic N) is 1. The Kier molecular flexibility index (Phi) is 4.68. The Morgan fingerprint density at radius 3 is 2.38 bits per heavy atom. The Balaban J connectivity index is 3.03. The van der Waals surface area contributed by atoms with Gasteiger partial charge in [0.2, 0.25) is 0 Å². The van der Waals surface area contributed by atoms with E-state index in [4.69, 9.17) is 11.6 Å². The van der Waals surface area contributed by atoms with Crippen LogP contribution in [0.25, 0.3) is 0 Å². The second-order valence-electron chi connectivity index (χ2n) is 3.17. The van der Waals surface area contributed by atoms with Gasteiger partial charge in [-0.05, 0) is 19.1 Å². The van der Waals surface area contributed by atoms with E-state index in [1.54, 1.807) is 6.92 Å². The van der Waals surface area contributed by atoms with Crippen molar-refractivity contribution in [3.05, 3.63) is 35.4 Å². The minimum absolute atomic E-state index is 0.232. The molecule has 0 unspecified atom stereocenters. The molecule has 0 aliphatic heterocycles. The van der Waals surface area contributed by atoms with Gasteiger partial charge in [0.25, 0.3) is 5.91 Å². The third-order valence-corrected chi connectivity index (χ3v) is 2.37. The number of hydrogen-bond acceptors (Lipinski definition) is 1. The Hall–Kier alpha value is -1.16. The second kappa shape index (κ2) is 5.80. The molecule has 0 saturated carbocycles. The number of rotatable bonds is 4. The van der Waals surface area contributed by atoms with Gasteiger partial charge in [-0.15, -0.1) is 11.6 Å². The fraction of sp³-hybridized carbons (Fsp3) is 0.364. The molecule has 0 fully saturated rings. The molecular formula is C11H12ClF2NO. The normalized spacial score (nSPS) is 10.2. The predicted molar refractivity (Wildman–Crippen MR) is 58.7 cm³/mol. The maximum atomic E-state index is 13.3. The van der Waals surface area contributed by atoms with E-state index in [2.05, 4.69) is 0 Å². The van der Waals surface area contributed by atoms with E-state index < -0.39 is 23.1 Å². The van der Waals surface area contributed by atoms with Gasteiger partial charge in [-0.1, -0.05) is 6.07 Å². The summed E-state index contributed by atoms with van der Waals surface area (Å²) in [6.07, 6.45) is 0. The van der Waals surface area contributed by atoms with Crippen molar-refractivity contribution in [2.75, 3.05) is 19.0 Å². The van der Waals surface area contributed by atoms with E-state index in [0.29, 0.717) is 6.54 Å². The molecular weight excluding hydrogens is 236 g/mol. The van der Waals surface area contributed by atoms with Crippen molar-refractivity contribution in [1.29, 1.82) is 0 Å². The molecule has 5 heteroatoms. The highest BCUT2D eigenvalue weighted by Crippen LogP contribution is 2.14. The number of carbonyl (C=O) groups excluding carboxylic acids is 1. The van der Waals surface area contributed by atoms with E-state index in [1.165, 1.54) is 11.0 Å². The standard InChI is InChI=1S/C11H12ClF2NO/c1-2-15(7-6-12)11(16)10-8(13)4-3-5-9(10)14/h3-5H,2,6-7H2,1H3. The van der Waals surface area contributed by atoms with Gasteiger partial charge in [0, 0.05) is 19.0 Å². The number of amides is 1. The zero-order valence-electron chi connectivity index (χ0n) is 8.84. The third kappa shape index (κ3) is 2.70. The molecule has 2 nitrogen and oxygen atoms in total. The fourth-order valence-corrected chi connectivity index (χ4v) is 1.57. The lowest BCUT2D eigenvalue weighted by Gasteiger charge is -2.20. The highest BCUT2D eigenvalue weighted by molar-refractivity contribution is 6.18. The summed E-state index contributed by atoms with van der Waals surface area (Å²) in [5.74, 6) is -2.13. The summed E-state index contributed by atoms with van der Waals surface area (Å²) in [5.41, 5.74) is -0.519. The molecule has 0 saturated heterocycles. The fourth-order valence-electron chi connectivity index (χ4n) is 1.37. The van der Waals surface area contributed by atoms with Gasteiger partial charge in [-0.2, -0.15) is 0 Å². The van der Waals surface area contributed by atoms with Crippen LogP contribution in [-0.4, -0.2) is 29.8 Å². The first-order valence-corrected chi connectivity index (χ1v) is 5.44. The van der Waals surface area contributed by atoms with Crippen molar-refractivity contribution in [2.24, 2.45) is 0 Å². The largest absolute Gasteiger partial charge is 0.338 e. The lowest BCUT2D eigenvalue weighted by Crippen LogP contribution is -2.33. The van der Waals surface area contributed by atoms with Crippen molar-refractivity contribution in [3.8, 4) is 0 Å². The molecule has 0 spiro atoms. The van der Waals surface area contributed by atoms with Crippen LogP contribution < -0.4 is 0 Å². The van der Waals surface area contributed by atoms with Gasteiger partial charge in [-0.3, -0.25) is 4.79 Å². The monoisotopic (exact) mass is 247 g/mol. The van der Waals surface area contributed by atoms with E-state index in [1.807, 2.05) is 0 Å². The average Bonchev–Trinajstić information content (AvgIpc) is 2.25. The molecule has 0 bridgehead atoms. The zero-order chi connectivity index (χ0) is 12.1. The Bertz CT molecular complexity index is 364. The van der Waals surface area contributed by atoms with Crippen LogP contribution in [0, 0.1) is 11.6 Å². The van der Waals surface area contributed by atoms with Crippen molar-refractivity contribution < 1.29 is 13.6 Å². The van der Waals surface area contributed by atoms with Gasteiger partial charge in [0.15, 0.2) is 0 Å². The maximum Gasteiger partial charge on any atom is 0.259 e. The highest BCUT2D eigenvalue weighted by Gasteiger charge is 2.21. The summed E-state index contributed by atoms with van der Waals surface area (Å²) in [4.78, 5) is 13.1. The lowest BCUT2D eigenvalue weighted by atomic mass is 10.1. The summed E-state index contributed by atoms with van der Waals surface area (Å²) in [6.45, 7) is 2.35. The molecule has 0 aromatic heterocycles. The maximum absolute atomic E-state index is 13.3. The van der Waals surface area contributed by atoms with Crippen LogP contribution in [0.2, 0.25) is 0 Å². The quantitative estimate of drug-likeness (QED) is 0.749. The smallest absolute Gasteiger partial charge is 0.259 e. The van der Waals surface area contributed by atoms with Gasteiger partial charge in [0.05, 0.1) is 0 Å². The van der Waals surface area contributed by atoms with Crippen molar-refractivity contribution in [1.82, 2.24) is 4.90 Å². The van der Waals surface area contributed by atoms with Gasteiger partial charge < -0.3 is 4.90 Å². The third-order valence-electron chi connectivity index (χ3n) is 2.20. The molecule has 0 aliphatic carbocycles. The highest BCUT2D eigenvalue weighted by atomic mass is 35.5. The van der Waals surface area contributed by atoms with Crippen LogP contribution in [0.4, 0.5) is 8.78 Å². The molecule has 16 heavy (non-hydrogen) atoms. The van der Waals surface area contributed by atoms with Gasteiger partial charge in [-0.25, -0.2) is 8.78 Å². The van der Waals surface area contributed by atoms with Crippen molar-refractivity contribution in [2.45, 2.75) is 6.92 Å². The van der Waals surface area contributed by atoms with Crippen LogP contribution in [0.3, 0.4) is 0 Å². The predicted octanol–water partition coefficient (Wildman–Crippen LogP) is 2.67. The number of halogens is 3. The first-order chi connectivity index (χ1) is 7.61. The van der Waals surface area contributed by atoms with Crippen LogP contribution in [-0.2, 0) is 0 Å². The first-order valence-electron chi connectivity index (χ1n) is 4.91. The van der Waals surface area contributed by atoms with Crippen LogP contribution in [0.15, 0.2) is 18.2 Å². The molecule has 0 N–H and O–H groups in total. The number of alkyl halides is 1.